The van der Waals surface area contributed by atoms with Crippen molar-refractivity contribution in [1.29, 1.82) is 0 Å². The summed E-state index contributed by atoms with van der Waals surface area (Å²) in [5.74, 6) is 1.56. The van der Waals surface area contributed by atoms with E-state index < -0.39 is 6.10 Å². The average molecular weight is 470 g/mol. The SMILES string of the molecule is CCC(O)c1cc2nccc(-c3cc(Cl)cc4c3OC(c3ocnc3CN(C)C)C4)c2s1. The zero-order valence-electron chi connectivity index (χ0n) is 18.1. The molecule has 0 bridgehead atoms. The highest BCUT2D eigenvalue weighted by molar-refractivity contribution is 7.19. The van der Waals surface area contributed by atoms with E-state index in [-0.39, 0.29) is 6.10 Å². The molecule has 0 saturated heterocycles. The van der Waals surface area contributed by atoms with Gasteiger partial charge in [-0.15, -0.1) is 11.3 Å². The predicted molar refractivity (Wildman–Crippen MR) is 126 cm³/mol. The summed E-state index contributed by atoms with van der Waals surface area (Å²) in [4.78, 5) is 11.9. The van der Waals surface area contributed by atoms with Gasteiger partial charge in [-0.2, -0.15) is 0 Å². The van der Waals surface area contributed by atoms with E-state index >= 15 is 0 Å². The Balaban J connectivity index is 1.58. The highest BCUT2D eigenvalue weighted by atomic mass is 35.5. The van der Waals surface area contributed by atoms with Crippen molar-refractivity contribution in [2.45, 2.75) is 38.5 Å². The summed E-state index contributed by atoms with van der Waals surface area (Å²) >= 11 is 8.10. The molecule has 4 aromatic rings. The maximum Gasteiger partial charge on any atom is 0.181 e. The van der Waals surface area contributed by atoms with Gasteiger partial charge >= 0.3 is 0 Å². The molecule has 1 N–H and O–H groups in total. The highest BCUT2D eigenvalue weighted by Crippen LogP contribution is 2.48. The summed E-state index contributed by atoms with van der Waals surface area (Å²) in [6, 6.07) is 7.85. The number of benzene rings is 1. The van der Waals surface area contributed by atoms with Crippen molar-refractivity contribution in [2.24, 2.45) is 0 Å². The van der Waals surface area contributed by atoms with Gasteiger partial charge in [0.05, 0.1) is 16.3 Å². The first kappa shape index (κ1) is 21.4. The number of aromatic nitrogens is 2. The molecule has 0 aliphatic carbocycles. The Morgan fingerprint density at radius 2 is 2.09 bits per heavy atom. The number of aliphatic hydroxyl groups excluding tert-OH is 1. The van der Waals surface area contributed by atoms with Crippen LogP contribution in [-0.2, 0) is 13.0 Å². The maximum atomic E-state index is 10.3. The number of hydrogen-bond acceptors (Lipinski definition) is 7. The van der Waals surface area contributed by atoms with E-state index in [0.29, 0.717) is 24.4 Å². The van der Waals surface area contributed by atoms with Crippen LogP contribution in [0.4, 0.5) is 0 Å². The summed E-state index contributed by atoms with van der Waals surface area (Å²) in [7, 11) is 4.00. The van der Waals surface area contributed by atoms with Crippen LogP contribution in [0.15, 0.2) is 41.3 Å². The van der Waals surface area contributed by atoms with Crippen LogP contribution in [0.5, 0.6) is 5.75 Å². The van der Waals surface area contributed by atoms with Crippen molar-refractivity contribution in [3.63, 3.8) is 0 Å². The Kier molecular flexibility index (Phi) is 5.67. The molecule has 32 heavy (non-hydrogen) atoms. The van der Waals surface area contributed by atoms with Gasteiger partial charge in [0.15, 0.2) is 18.3 Å². The maximum absolute atomic E-state index is 10.3. The minimum Gasteiger partial charge on any atom is -0.481 e. The molecule has 0 radical (unpaired) electrons. The van der Waals surface area contributed by atoms with E-state index in [2.05, 4.69) is 14.9 Å². The number of fused-ring (bicyclic) bond motifs is 2. The predicted octanol–water partition coefficient (Wildman–Crippen LogP) is 5.79. The van der Waals surface area contributed by atoms with Gasteiger partial charge in [0.1, 0.15) is 11.4 Å². The molecule has 1 aliphatic heterocycles. The first-order chi connectivity index (χ1) is 15.4. The van der Waals surface area contributed by atoms with Crippen molar-refractivity contribution in [3.05, 3.63) is 63.8 Å². The van der Waals surface area contributed by atoms with Crippen LogP contribution in [0.2, 0.25) is 5.02 Å². The molecular formula is C24H24ClN3O3S. The summed E-state index contributed by atoms with van der Waals surface area (Å²) in [5.41, 5.74) is 4.71. The molecule has 5 rings (SSSR count). The van der Waals surface area contributed by atoms with Crippen LogP contribution in [0.1, 0.15) is 47.4 Å². The van der Waals surface area contributed by atoms with E-state index in [1.165, 1.54) is 6.39 Å². The minimum absolute atomic E-state index is 0.252. The van der Waals surface area contributed by atoms with Crippen molar-refractivity contribution in [1.82, 2.24) is 14.9 Å². The standard InChI is InChI=1S/C24H24ClN3O3S/c1-4-19(29)21-10-17-24(32-21)15(5-6-26-17)16-9-14(25)7-13-8-20(31-22(13)16)23-18(11-28(2)3)27-12-30-23/h5-7,9-10,12,19-20,29H,4,8,11H2,1-3H3. The lowest BCUT2D eigenvalue weighted by atomic mass is 10.0. The first-order valence-corrected chi connectivity index (χ1v) is 11.8. The van der Waals surface area contributed by atoms with Crippen LogP contribution in [0.25, 0.3) is 21.3 Å². The lowest BCUT2D eigenvalue weighted by Gasteiger charge is -2.14. The van der Waals surface area contributed by atoms with Gasteiger partial charge in [-0.05, 0) is 44.8 Å². The third kappa shape index (κ3) is 3.79. The van der Waals surface area contributed by atoms with Crippen LogP contribution >= 0.6 is 22.9 Å². The molecule has 0 fully saturated rings. The number of thiophene rings is 1. The molecule has 2 unspecified atom stereocenters. The van der Waals surface area contributed by atoms with Gasteiger partial charge < -0.3 is 19.2 Å². The van der Waals surface area contributed by atoms with Crippen molar-refractivity contribution >= 4 is 33.2 Å². The molecule has 0 saturated carbocycles. The number of halogens is 1. The average Bonchev–Trinajstić information content (AvgIpc) is 3.49. The molecule has 0 spiro atoms. The molecule has 8 heteroatoms. The fraction of sp³-hybridized carbons (Fsp3) is 0.333. The zero-order valence-corrected chi connectivity index (χ0v) is 19.7. The molecule has 2 atom stereocenters. The molecule has 3 aromatic heterocycles. The molecule has 1 aliphatic rings. The minimum atomic E-state index is -0.491. The van der Waals surface area contributed by atoms with Gasteiger partial charge in [0.2, 0.25) is 0 Å². The smallest absolute Gasteiger partial charge is 0.181 e. The number of aliphatic hydroxyl groups is 1. The number of pyridine rings is 1. The van der Waals surface area contributed by atoms with Crippen molar-refractivity contribution < 1.29 is 14.3 Å². The fourth-order valence-corrected chi connectivity index (χ4v) is 5.62. The van der Waals surface area contributed by atoms with E-state index in [4.69, 9.17) is 20.8 Å². The zero-order chi connectivity index (χ0) is 22.4. The molecule has 166 valence electrons. The van der Waals surface area contributed by atoms with E-state index in [0.717, 1.165) is 49.0 Å². The number of hydrogen-bond donors (Lipinski definition) is 1. The van der Waals surface area contributed by atoms with Crippen molar-refractivity contribution in [2.75, 3.05) is 14.1 Å². The third-order valence-electron chi connectivity index (χ3n) is 5.66. The molecule has 0 amide bonds. The fourth-order valence-electron chi connectivity index (χ4n) is 4.16. The lowest BCUT2D eigenvalue weighted by Crippen LogP contribution is -2.14. The number of ether oxygens (including phenoxy) is 1. The van der Waals surface area contributed by atoms with Crippen LogP contribution < -0.4 is 4.74 Å². The molecular weight excluding hydrogens is 446 g/mol. The van der Waals surface area contributed by atoms with Crippen LogP contribution in [0.3, 0.4) is 0 Å². The molecule has 4 heterocycles. The van der Waals surface area contributed by atoms with Gasteiger partial charge in [0, 0.05) is 45.8 Å². The van der Waals surface area contributed by atoms with Gasteiger partial charge in [-0.1, -0.05) is 18.5 Å². The largest absolute Gasteiger partial charge is 0.481 e. The Bertz CT molecular complexity index is 1280. The van der Waals surface area contributed by atoms with Crippen LogP contribution in [0, 0.1) is 0 Å². The van der Waals surface area contributed by atoms with Crippen LogP contribution in [-0.4, -0.2) is 34.1 Å². The van der Waals surface area contributed by atoms with Gasteiger partial charge in [-0.25, -0.2) is 4.98 Å². The summed E-state index contributed by atoms with van der Waals surface area (Å²) in [6.07, 6.45) is 3.85. The second-order valence-corrected chi connectivity index (χ2v) is 9.82. The second kappa shape index (κ2) is 8.48. The van der Waals surface area contributed by atoms with Gasteiger partial charge in [0.25, 0.3) is 0 Å². The summed E-state index contributed by atoms with van der Waals surface area (Å²) in [6.45, 7) is 2.65. The summed E-state index contributed by atoms with van der Waals surface area (Å²) < 4.78 is 13.2. The summed E-state index contributed by atoms with van der Waals surface area (Å²) in [5, 5.41) is 11.0. The third-order valence-corrected chi connectivity index (χ3v) is 7.14. The molecule has 1 aromatic carbocycles. The lowest BCUT2D eigenvalue weighted by molar-refractivity contribution is 0.177. The Morgan fingerprint density at radius 3 is 2.88 bits per heavy atom. The first-order valence-electron chi connectivity index (χ1n) is 10.6. The Hall–Kier alpha value is -2.45. The van der Waals surface area contributed by atoms with Crippen molar-refractivity contribution in [3.8, 4) is 16.9 Å². The second-order valence-electron chi connectivity index (χ2n) is 8.30. The Morgan fingerprint density at radius 1 is 1.25 bits per heavy atom. The number of rotatable bonds is 6. The topological polar surface area (TPSA) is 71.6 Å². The quantitative estimate of drug-likeness (QED) is 0.385. The van der Waals surface area contributed by atoms with E-state index in [9.17, 15) is 5.11 Å². The molecule has 6 nitrogen and oxygen atoms in total. The van der Waals surface area contributed by atoms with E-state index in [1.54, 1.807) is 17.5 Å². The number of oxazole rings is 1. The highest BCUT2D eigenvalue weighted by Gasteiger charge is 2.32. The number of nitrogens with zero attached hydrogens (tertiary/aromatic N) is 3. The normalized spacial score (nSPS) is 16.5. The van der Waals surface area contributed by atoms with E-state index in [1.807, 2.05) is 45.3 Å². The Labute approximate surface area is 195 Å². The van der Waals surface area contributed by atoms with Gasteiger partial charge in [-0.3, -0.25) is 4.98 Å². The monoisotopic (exact) mass is 469 g/mol.